The van der Waals surface area contributed by atoms with Crippen molar-refractivity contribution in [1.29, 1.82) is 0 Å². The third kappa shape index (κ3) is 5.79. The molecule has 1 aromatic carbocycles. The Balaban J connectivity index is 1.89. The van der Waals surface area contributed by atoms with Crippen LogP contribution < -0.4 is 4.74 Å². The summed E-state index contributed by atoms with van der Waals surface area (Å²) in [7, 11) is -3.49. The SMILES string of the molecule is C=C(C)C(=O)SCCCCCCS(=O)(=O)c1cc(=O)sc2ccccc12. The number of thioether (sulfide) groups is 1. The molecule has 2 aromatic rings. The lowest BCUT2D eigenvalue weighted by molar-refractivity contribution is -0.107. The summed E-state index contributed by atoms with van der Waals surface area (Å²) in [5.41, 5.74) is 0.551. The number of benzene rings is 1. The molecule has 4 nitrogen and oxygen atoms in total. The lowest BCUT2D eigenvalue weighted by Gasteiger charge is -2.07. The summed E-state index contributed by atoms with van der Waals surface area (Å²) in [6.45, 7) is 5.30. The molecule has 0 saturated heterocycles. The van der Waals surface area contributed by atoms with Crippen LogP contribution in [0.3, 0.4) is 0 Å². The van der Waals surface area contributed by atoms with Crippen molar-refractivity contribution < 1.29 is 13.2 Å². The van der Waals surface area contributed by atoms with Gasteiger partial charge in [0.15, 0.2) is 9.84 Å². The zero-order chi connectivity index (χ0) is 19.2. The van der Waals surface area contributed by atoms with Gasteiger partial charge in [-0.2, -0.15) is 0 Å². The van der Waals surface area contributed by atoms with Gasteiger partial charge in [-0.05, 0) is 31.4 Å². The van der Waals surface area contributed by atoms with E-state index in [1.807, 2.05) is 0 Å². The minimum Gasteiger partial charge on any atom is -0.282 e. The molecule has 0 aliphatic carbocycles. The minimum atomic E-state index is -3.49. The van der Waals surface area contributed by atoms with Gasteiger partial charge in [0.1, 0.15) is 0 Å². The van der Waals surface area contributed by atoms with E-state index in [2.05, 4.69) is 6.58 Å². The Morgan fingerprint density at radius 2 is 1.85 bits per heavy atom. The number of sulfone groups is 1. The molecule has 0 saturated carbocycles. The van der Waals surface area contributed by atoms with E-state index in [0.717, 1.165) is 36.4 Å². The second-order valence-corrected chi connectivity index (χ2v) is 10.3. The smallest absolute Gasteiger partial charge is 0.234 e. The first-order chi connectivity index (χ1) is 12.3. The molecule has 0 N–H and O–H groups in total. The summed E-state index contributed by atoms with van der Waals surface area (Å²) < 4.78 is 25.8. The molecule has 0 atom stereocenters. The molecule has 2 rings (SSSR count). The summed E-state index contributed by atoms with van der Waals surface area (Å²) in [4.78, 5) is 23.4. The van der Waals surface area contributed by atoms with Gasteiger partial charge in [-0.1, -0.05) is 60.7 Å². The molecule has 0 fully saturated rings. The fourth-order valence-electron chi connectivity index (χ4n) is 2.48. The highest BCUT2D eigenvalue weighted by molar-refractivity contribution is 8.14. The molecule has 0 unspecified atom stereocenters. The third-order valence-corrected chi connectivity index (χ3v) is 7.67. The van der Waals surface area contributed by atoms with Crippen LogP contribution in [0.25, 0.3) is 10.1 Å². The Labute approximate surface area is 162 Å². The first-order valence-electron chi connectivity index (χ1n) is 8.39. The van der Waals surface area contributed by atoms with Crippen molar-refractivity contribution in [2.75, 3.05) is 11.5 Å². The molecular weight excluding hydrogens is 388 g/mol. The van der Waals surface area contributed by atoms with E-state index < -0.39 is 9.84 Å². The van der Waals surface area contributed by atoms with Crippen molar-refractivity contribution >= 4 is 48.1 Å². The molecule has 0 aliphatic heterocycles. The zero-order valence-corrected chi connectivity index (χ0v) is 17.1. The van der Waals surface area contributed by atoms with Crippen molar-refractivity contribution in [3.05, 3.63) is 52.0 Å². The monoisotopic (exact) mass is 410 g/mol. The number of hydrogen-bond acceptors (Lipinski definition) is 6. The average Bonchev–Trinajstić information content (AvgIpc) is 2.59. The predicted molar refractivity (Wildman–Crippen MR) is 111 cm³/mol. The predicted octanol–water partition coefficient (Wildman–Crippen LogP) is 4.43. The molecule has 0 radical (unpaired) electrons. The van der Waals surface area contributed by atoms with Crippen molar-refractivity contribution in [2.24, 2.45) is 0 Å². The number of rotatable bonds is 9. The number of hydrogen-bond donors (Lipinski definition) is 0. The lowest BCUT2D eigenvalue weighted by atomic mass is 10.2. The van der Waals surface area contributed by atoms with Crippen LogP contribution in [0.4, 0.5) is 0 Å². The number of fused-ring (bicyclic) bond motifs is 1. The maximum absolute atomic E-state index is 12.7. The molecule has 1 heterocycles. The first-order valence-corrected chi connectivity index (χ1v) is 11.8. The van der Waals surface area contributed by atoms with Crippen LogP contribution in [0.2, 0.25) is 0 Å². The summed E-state index contributed by atoms with van der Waals surface area (Å²) in [6, 6.07) is 8.33. The summed E-state index contributed by atoms with van der Waals surface area (Å²) in [6.07, 6.45) is 3.06. The largest absolute Gasteiger partial charge is 0.282 e. The Hall–Kier alpha value is -1.44. The van der Waals surface area contributed by atoms with Gasteiger partial charge < -0.3 is 0 Å². The molecule has 7 heteroatoms. The highest BCUT2D eigenvalue weighted by Crippen LogP contribution is 2.25. The van der Waals surface area contributed by atoms with Gasteiger partial charge in [-0.3, -0.25) is 9.59 Å². The second-order valence-electron chi connectivity index (χ2n) is 6.08. The van der Waals surface area contributed by atoms with Gasteiger partial charge in [0, 0.05) is 21.9 Å². The maximum atomic E-state index is 12.7. The standard InChI is InChI=1S/C19H22O4S3/c1-14(2)19(21)24-11-7-3-4-8-12-26(22,23)17-13-18(20)25-16-10-6-5-9-15(16)17/h5-6,9-10,13H,1,3-4,7-8,11-12H2,2H3. The van der Waals surface area contributed by atoms with Crippen molar-refractivity contribution in [3.63, 3.8) is 0 Å². The van der Waals surface area contributed by atoms with Crippen LogP contribution >= 0.6 is 23.1 Å². The molecular formula is C19H22O4S3. The molecule has 140 valence electrons. The van der Waals surface area contributed by atoms with E-state index in [9.17, 15) is 18.0 Å². The Kier molecular flexibility index (Phi) is 7.61. The third-order valence-electron chi connectivity index (χ3n) is 3.84. The van der Waals surface area contributed by atoms with Crippen LogP contribution in [0.15, 0.2) is 52.2 Å². The lowest BCUT2D eigenvalue weighted by Crippen LogP contribution is -2.10. The first kappa shape index (κ1) is 20.9. The van der Waals surface area contributed by atoms with E-state index >= 15 is 0 Å². The Morgan fingerprint density at radius 3 is 2.58 bits per heavy atom. The second kappa shape index (κ2) is 9.48. The number of carbonyl (C=O) groups excluding carboxylic acids is 1. The van der Waals surface area contributed by atoms with Crippen LogP contribution in [0.5, 0.6) is 0 Å². The Bertz CT molecular complexity index is 958. The van der Waals surface area contributed by atoms with Crippen molar-refractivity contribution in [3.8, 4) is 0 Å². The van der Waals surface area contributed by atoms with E-state index in [1.165, 1.54) is 17.8 Å². The zero-order valence-electron chi connectivity index (χ0n) is 14.7. The fourth-order valence-corrected chi connectivity index (χ4v) is 5.84. The summed E-state index contributed by atoms with van der Waals surface area (Å²) in [5, 5.41) is 0.629. The Morgan fingerprint density at radius 1 is 1.15 bits per heavy atom. The van der Waals surface area contributed by atoms with E-state index in [4.69, 9.17) is 0 Å². The van der Waals surface area contributed by atoms with E-state index in [1.54, 1.807) is 31.2 Å². The van der Waals surface area contributed by atoms with Gasteiger partial charge in [0.05, 0.1) is 10.6 Å². The van der Waals surface area contributed by atoms with Crippen LogP contribution in [-0.4, -0.2) is 25.0 Å². The van der Waals surface area contributed by atoms with Gasteiger partial charge in [0.2, 0.25) is 9.86 Å². The topological polar surface area (TPSA) is 68.3 Å². The minimum absolute atomic E-state index is 0.0121. The van der Waals surface area contributed by atoms with Gasteiger partial charge in [0.25, 0.3) is 0 Å². The fraction of sp³-hybridized carbons (Fsp3) is 0.368. The van der Waals surface area contributed by atoms with Crippen LogP contribution in [-0.2, 0) is 14.6 Å². The van der Waals surface area contributed by atoms with E-state index in [-0.39, 0.29) is 20.5 Å². The molecule has 0 amide bonds. The number of unbranched alkanes of at least 4 members (excludes halogenated alkanes) is 3. The van der Waals surface area contributed by atoms with Crippen LogP contribution in [0, 0.1) is 0 Å². The van der Waals surface area contributed by atoms with Gasteiger partial charge in [-0.15, -0.1) is 0 Å². The van der Waals surface area contributed by atoms with E-state index in [0.29, 0.717) is 22.1 Å². The van der Waals surface area contributed by atoms with Gasteiger partial charge in [-0.25, -0.2) is 8.42 Å². The van der Waals surface area contributed by atoms with Crippen molar-refractivity contribution in [2.45, 2.75) is 37.5 Å². The maximum Gasteiger partial charge on any atom is 0.234 e. The highest BCUT2D eigenvalue weighted by Gasteiger charge is 2.18. The normalized spacial score (nSPS) is 11.6. The molecule has 26 heavy (non-hydrogen) atoms. The molecule has 0 aliphatic rings. The summed E-state index contributed by atoms with van der Waals surface area (Å²) >= 11 is 2.32. The number of carbonyl (C=O) groups is 1. The highest BCUT2D eigenvalue weighted by atomic mass is 32.2. The van der Waals surface area contributed by atoms with Crippen molar-refractivity contribution in [1.82, 2.24) is 0 Å². The molecule has 0 bridgehead atoms. The van der Waals surface area contributed by atoms with Crippen LogP contribution in [0.1, 0.15) is 32.6 Å². The summed E-state index contributed by atoms with van der Waals surface area (Å²) in [5.74, 6) is 0.756. The molecule has 1 aromatic heterocycles. The van der Waals surface area contributed by atoms with Gasteiger partial charge >= 0.3 is 0 Å². The average molecular weight is 411 g/mol. The quantitative estimate of drug-likeness (QED) is 0.452. The molecule has 0 spiro atoms.